The maximum atomic E-state index is 2.92. The van der Waals surface area contributed by atoms with Crippen LogP contribution in [0.2, 0.25) is 31.9 Å². The van der Waals surface area contributed by atoms with Gasteiger partial charge in [0, 0.05) is 0 Å². The highest BCUT2D eigenvalue weighted by Crippen LogP contribution is 2.38. The van der Waals surface area contributed by atoms with Crippen LogP contribution in [0.4, 0.5) is 0 Å². The summed E-state index contributed by atoms with van der Waals surface area (Å²) in [6.07, 6.45) is 2.76. The Balaban J connectivity index is 2.48. The van der Waals surface area contributed by atoms with Gasteiger partial charge in [-0.2, -0.15) is 0 Å². The van der Waals surface area contributed by atoms with Crippen LogP contribution in [0.15, 0.2) is 0 Å². The Hall–Kier alpha value is 0.394. The van der Waals surface area contributed by atoms with Gasteiger partial charge in [0.1, 0.15) is 16.5 Å². The van der Waals surface area contributed by atoms with E-state index < -0.39 is 16.5 Å². The van der Waals surface area contributed by atoms with Crippen LogP contribution >= 0.6 is 0 Å². The third kappa shape index (κ3) is 1.83. The highest BCUT2D eigenvalue weighted by Gasteiger charge is 2.52. The molecule has 0 saturated carbocycles. The quantitative estimate of drug-likeness (QED) is 0.635. The lowest BCUT2D eigenvalue weighted by atomic mass is 10.3. The SMILES string of the molecule is CCCCN1[Si](C)(C)C[Si]1(C)C. The fourth-order valence-electron chi connectivity index (χ4n) is 2.90. The molecule has 0 amide bonds. The summed E-state index contributed by atoms with van der Waals surface area (Å²) in [5.74, 6) is 0. The van der Waals surface area contributed by atoms with Crippen LogP contribution < -0.4 is 0 Å². The first-order chi connectivity index (χ1) is 5.40. The first kappa shape index (κ1) is 10.5. The van der Waals surface area contributed by atoms with Crippen molar-refractivity contribution in [3.63, 3.8) is 0 Å². The first-order valence-corrected chi connectivity index (χ1v) is 11.5. The van der Waals surface area contributed by atoms with E-state index in [2.05, 4.69) is 37.3 Å². The van der Waals surface area contributed by atoms with Crippen LogP contribution in [0.1, 0.15) is 19.8 Å². The van der Waals surface area contributed by atoms with E-state index >= 15 is 0 Å². The summed E-state index contributed by atoms with van der Waals surface area (Å²) in [5, 5.41) is 0. The molecule has 1 fully saturated rings. The molecule has 1 saturated heterocycles. The van der Waals surface area contributed by atoms with Gasteiger partial charge >= 0.3 is 0 Å². The van der Waals surface area contributed by atoms with Gasteiger partial charge in [0.25, 0.3) is 0 Å². The number of hydrogen-bond acceptors (Lipinski definition) is 1. The zero-order valence-corrected chi connectivity index (χ0v) is 11.3. The minimum absolute atomic E-state index is 0.858. The molecular formula is C9H23NSi2. The largest absolute Gasteiger partial charge is 0.346 e. The van der Waals surface area contributed by atoms with Crippen molar-refractivity contribution in [2.75, 3.05) is 6.54 Å². The third-order valence-electron chi connectivity index (χ3n) is 3.06. The summed E-state index contributed by atoms with van der Waals surface area (Å²) in [5.41, 5.74) is 1.61. The van der Waals surface area contributed by atoms with Gasteiger partial charge in [-0.15, -0.1) is 0 Å². The molecule has 1 heterocycles. The molecule has 1 aliphatic heterocycles. The zero-order valence-electron chi connectivity index (χ0n) is 9.28. The van der Waals surface area contributed by atoms with Crippen molar-refractivity contribution < 1.29 is 0 Å². The van der Waals surface area contributed by atoms with Crippen LogP contribution in [-0.4, -0.2) is 27.2 Å². The average molecular weight is 201 g/mol. The van der Waals surface area contributed by atoms with Crippen LogP contribution in [0, 0.1) is 0 Å². The van der Waals surface area contributed by atoms with Gasteiger partial charge in [-0.25, -0.2) is 0 Å². The standard InChI is InChI=1S/C9H23NSi2/c1-6-7-8-10-11(2,3)9-12(10,4)5/h6-9H2,1-5H3. The molecule has 0 aromatic carbocycles. The summed E-state index contributed by atoms with van der Waals surface area (Å²) in [6.45, 7) is 13.8. The lowest BCUT2D eigenvalue weighted by molar-refractivity contribution is 0.543. The lowest BCUT2D eigenvalue weighted by Crippen LogP contribution is -2.75. The van der Waals surface area contributed by atoms with Crippen molar-refractivity contribution in [1.29, 1.82) is 0 Å². The van der Waals surface area contributed by atoms with Gasteiger partial charge in [0.05, 0.1) is 0 Å². The van der Waals surface area contributed by atoms with Gasteiger partial charge < -0.3 is 4.23 Å². The van der Waals surface area contributed by atoms with E-state index in [9.17, 15) is 0 Å². The third-order valence-corrected chi connectivity index (χ3v) is 17.0. The molecule has 0 N–H and O–H groups in total. The molecule has 0 unspecified atom stereocenters. The minimum atomic E-state index is -0.858. The van der Waals surface area contributed by atoms with E-state index in [1.165, 1.54) is 19.4 Å². The Labute approximate surface area is 79.3 Å². The highest BCUT2D eigenvalue weighted by molar-refractivity contribution is 7.07. The van der Waals surface area contributed by atoms with E-state index in [-0.39, 0.29) is 0 Å². The Kier molecular flexibility index (Phi) is 2.86. The molecule has 1 nitrogen and oxygen atoms in total. The number of nitrogens with zero attached hydrogens (tertiary/aromatic N) is 1. The highest BCUT2D eigenvalue weighted by atomic mass is 28.5. The minimum Gasteiger partial charge on any atom is -0.346 e. The van der Waals surface area contributed by atoms with Gasteiger partial charge in [-0.1, -0.05) is 39.5 Å². The van der Waals surface area contributed by atoms with E-state index in [1.807, 2.05) is 0 Å². The Bertz CT molecular complexity index is 152. The Morgan fingerprint density at radius 1 is 1.08 bits per heavy atom. The topological polar surface area (TPSA) is 3.24 Å². The molecule has 3 heteroatoms. The molecule has 0 spiro atoms. The van der Waals surface area contributed by atoms with E-state index in [0.29, 0.717) is 0 Å². The lowest BCUT2D eigenvalue weighted by Gasteiger charge is -2.59. The van der Waals surface area contributed by atoms with Crippen molar-refractivity contribution in [3.8, 4) is 0 Å². The van der Waals surface area contributed by atoms with Crippen LogP contribution in [-0.2, 0) is 0 Å². The molecule has 12 heavy (non-hydrogen) atoms. The number of unbranched alkanes of at least 4 members (excludes halogenated alkanes) is 1. The van der Waals surface area contributed by atoms with Crippen molar-refractivity contribution >= 4 is 16.5 Å². The van der Waals surface area contributed by atoms with E-state index in [0.717, 1.165) is 0 Å². The van der Waals surface area contributed by atoms with Crippen LogP contribution in [0.3, 0.4) is 0 Å². The molecule has 0 radical (unpaired) electrons. The summed E-state index contributed by atoms with van der Waals surface area (Å²) >= 11 is 0. The van der Waals surface area contributed by atoms with Gasteiger partial charge in [-0.3, -0.25) is 0 Å². The van der Waals surface area contributed by atoms with Crippen molar-refractivity contribution in [3.05, 3.63) is 0 Å². The predicted molar refractivity (Wildman–Crippen MR) is 61.4 cm³/mol. The molecular weight excluding hydrogens is 178 g/mol. The molecule has 72 valence electrons. The molecule has 0 aliphatic carbocycles. The Morgan fingerprint density at radius 3 is 1.92 bits per heavy atom. The normalized spacial score (nSPS) is 26.8. The molecule has 1 aliphatic rings. The maximum absolute atomic E-state index is 2.92. The van der Waals surface area contributed by atoms with Crippen molar-refractivity contribution in [1.82, 2.24) is 4.23 Å². The van der Waals surface area contributed by atoms with Crippen molar-refractivity contribution in [2.45, 2.75) is 51.6 Å². The monoisotopic (exact) mass is 201 g/mol. The molecule has 1 rings (SSSR count). The first-order valence-electron chi connectivity index (χ1n) is 5.18. The van der Waals surface area contributed by atoms with Crippen LogP contribution in [0.5, 0.6) is 0 Å². The summed E-state index contributed by atoms with van der Waals surface area (Å²) < 4.78 is 2.92. The summed E-state index contributed by atoms with van der Waals surface area (Å²) in [6, 6.07) is 0. The van der Waals surface area contributed by atoms with Crippen molar-refractivity contribution in [2.24, 2.45) is 0 Å². The fourth-order valence-corrected chi connectivity index (χ4v) is 20.2. The Morgan fingerprint density at radius 2 is 1.58 bits per heavy atom. The maximum Gasteiger partial charge on any atom is 0.114 e. The smallest absolute Gasteiger partial charge is 0.114 e. The second-order valence-electron chi connectivity index (χ2n) is 5.31. The second kappa shape index (κ2) is 3.27. The molecule has 0 atom stereocenters. The number of hydrogen-bond donors (Lipinski definition) is 0. The van der Waals surface area contributed by atoms with Gasteiger partial charge in [-0.05, 0) is 18.6 Å². The average Bonchev–Trinajstić information content (AvgIpc) is 1.84. The van der Waals surface area contributed by atoms with E-state index in [1.54, 1.807) is 5.67 Å². The zero-order chi connectivity index (χ0) is 9.41. The molecule has 0 aromatic heterocycles. The van der Waals surface area contributed by atoms with Gasteiger partial charge in [0.2, 0.25) is 0 Å². The predicted octanol–water partition coefficient (Wildman–Crippen LogP) is 3.05. The molecule has 0 bridgehead atoms. The van der Waals surface area contributed by atoms with Gasteiger partial charge in [0.15, 0.2) is 0 Å². The summed E-state index contributed by atoms with van der Waals surface area (Å²) in [4.78, 5) is 0. The number of rotatable bonds is 3. The second-order valence-corrected chi connectivity index (χ2v) is 15.5. The summed E-state index contributed by atoms with van der Waals surface area (Å²) in [7, 11) is -1.72. The van der Waals surface area contributed by atoms with E-state index in [4.69, 9.17) is 0 Å². The van der Waals surface area contributed by atoms with Crippen LogP contribution in [0.25, 0.3) is 0 Å². The fraction of sp³-hybridized carbons (Fsp3) is 1.00. The molecule has 0 aromatic rings.